The summed E-state index contributed by atoms with van der Waals surface area (Å²) in [6.45, 7) is 17.5. The summed E-state index contributed by atoms with van der Waals surface area (Å²) in [5, 5.41) is 3.81. The maximum atomic E-state index is 12.9. The van der Waals surface area contributed by atoms with Crippen LogP contribution in [0.2, 0.25) is 0 Å². The Morgan fingerprint density at radius 3 is 1.59 bits per heavy atom. The standard InChI is InChI=1S/C21H26N4O4S.C17H23ClN2O3S/c1-21(2,3)20-23-18-10-17(30(27,28)25-13-16(14-26)11-22-25)4-5-19(18)24(20)12-15-6-8-29-9-7-15;1-17(2,3)16-19-14-10-13(24(18,21)22)4-5-15(14)20(16)11-12-6-8-23-9-7-12/h4-5,10-11,13-15H,6-9,12H2,1-3H3;4-5,10,12H,6-9,11H2,1-3H3. The molecule has 2 aliphatic rings. The van der Waals surface area contributed by atoms with Gasteiger partial charge in [0.05, 0.1) is 49.8 Å². The van der Waals surface area contributed by atoms with Crippen molar-refractivity contribution in [2.24, 2.45) is 11.8 Å². The van der Waals surface area contributed by atoms with E-state index in [1.807, 2.05) is 12.1 Å². The van der Waals surface area contributed by atoms with Crippen LogP contribution < -0.4 is 0 Å². The normalized spacial score (nSPS) is 16.8. The predicted octanol–water partition coefficient (Wildman–Crippen LogP) is 6.69. The van der Waals surface area contributed by atoms with Gasteiger partial charge in [-0.25, -0.2) is 18.4 Å². The smallest absolute Gasteiger partial charge is 0.283 e. The first kappa shape index (κ1) is 40.0. The van der Waals surface area contributed by atoms with Gasteiger partial charge in [0, 0.05) is 61.0 Å². The van der Waals surface area contributed by atoms with Crippen LogP contribution in [-0.4, -0.2) is 77.8 Å². The molecule has 0 bridgehead atoms. The molecule has 2 aliphatic heterocycles. The second-order valence-electron chi connectivity index (χ2n) is 16.2. The molecule has 0 N–H and O–H groups in total. The molecule has 13 nitrogen and oxygen atoms in total. The highest BCUT2D eigenvalue weighted by Gasteiger charge is 2.28. The number of carbonyl (C=O) groups excluding carboxylic acids is 1. The third kappa shape index (κ3) is 8.75. The highest BCUT2D eigenvalue weighted by molar-refractivity contribution is 8.13. The largest absolute Gasteiger partial charge is 0.381 e. The van der Waals surface area contributed by atoms with E-state index in [1.165, 1.54) is 12.4 Å². The molecule has 0 unspecified atom stereocenters. The van der Waals surface area contributed by atoms with Crippen molar-refractivity contribution in [2.45, 2.75) is 101 Å². The van der Waals surface area contributed by atoms with Crippen molar-refractivity contribution in [1.82, 2.24) is 28.3 Å². The topological polar surface area (TPSA) is 157 Å². The van der Waals surface area contributed by atoms with Gasteiger partial charge in [0.1, 0.15) is 11.6 Å². The van der Waals surface area contributed by atoms with E-state index in [-0.39, 0.29) is 26.2 Å². The minimum atomic E-state index is -3.91. The van der Waals surface area contributed by atoms with Crippen LogP contribution in [0.25, 0.3) is 22.1 Å². The number of halogens is 1. The van der Waals surface area contributed by atoms with Crippen LogP contribution in [0.15, 0.2) is 58.6 Å². The van der Waals surface area contributed by atoms with Crippen molar-refractivity contribution in [3.05, 3.63) is 66.0 Å². The highest BCUT2D eigenvalue weighted by atomic mass is 35.7. The van der Waals surface area contributed by atoms with E-state index in [4.69, 9.17) is 30.1 Å². The van der Waals surface area contributed by atoms with Gasteiger partial charge in [-0.3, -0.25) is 4.79 Å². The SMILES string of the molecule is CC(C)(C)c1nc2cc(S(=O)(=O)Cl)ccc2n1CC1CCOCC1.CC(C)(C)c1nc2cc(S(=O)(=O)n3cc(C=O)cn3)ccc2n1CC1CCOCC1. The van der Waals surface area contributed by atoms with Crippen LogP contribution in [0.4, 0.5) is 0 Å². The highest BCUT2D eigenvalue weighted by Crippen LogP contribution is 2.32. The van der Waals surface area contributed by atoms with E-state index in [0.29, 0.717) is 29.2 Å². The summed E-state index contributed by atoms with van der Waals surface area (Å²) in [6, 6.07) is 9.91. The summed E-state index contributed by atoms with van der Waals surface area (Å²) in [4.78, 5) is 20.6. The lowest BCUT2D eigenvalue weighted by Crippen LogP contribution is -2.25. The number of carbonyl (C=O) groups is 1. The van der Waals surface area contributed by atoms with Gasteiger partial charge in [-0.2, -0.15) is 17.6 Å². The van der Waals surface area contributed by atoms with Gasteiger partial charge < -0.3 is 18.6 Å². The lowest BCUT2D eigenvalue weighted by atomic mass is 9.94. The van der Waals surface area contributed by atoms with Gasteiger partial charge in [-0.05, 0) is 73.9 Å². The second-order valence-corrected chi connectivity index (χ2v) is 20.6. The number of ether oxygens (including phenoxy) is 2. The first-order valence-corrected chi connectivity index (χ1v) is 22.0. The zero-order chi connectivity index (χ0) is 39.1. The minimum absolute atomic E-state index is 0.0896. The van der Waals surface area contributed by atoms with Gasteiger partial charge in [0.2, 0.25) is 0 Å². The van der Waals surface area contributed by atoms with E-state index in [1.54, 1.807) is 24.3 Å². The number of aromatic nitrogens is 6. The van der Waals surface area contributed by atoms with E-state index in [0.717, 1.165) is 92.0 Å². The number of hydrogen-bond donors (Lipinski definition) is 0. The number of fused-ring (bicyclic) bond motifs is 2. The van der Waals surface area contributed by atoms with Gasteiger partial charge in [-0.1, -0.05) is 41.5 Å². The first-order valence-electron chi connectivity index (χ1n) is 18.2. The number of benzene rings is 2. The van der Waals surface area contributed by atoms with E-state index >= 15 is 0 Å². The van der Waals surface area contributed by atoms with Crippen molar-refractivity contribution < 1.29 is 31.1 Å². The molecule has 0 spiro atoms. The van der Waals surface area contributed by atoms with Crippen molar-refractivity contribution in [3.63, 3.8) is 0 Å². The Hall–Kier alpha value is -3.63. The molecule has 292 valence electrons. The average Bonchev–Trinajstić information content (AvgIpc) is 3.85. The summed E-state index contributed by atoms with van der Waals surface area (Å²) in [5.74, 6) is 2.95. The molecular weight excluding hydrogens is 752 g/mol. The summed E-state index contributed by atoms with van der Waals surface area (Å²) in [5.41, 5.74) is 3.06. The van der Waals surface area contributed by atoms with Crippen LogP contribution in [0.3, 0.4) is 0 Å². The molecule has 7 rings (SSSR count). The molecule has 2 aromatic carbocycles. The fourth-order valence-corrected chi connectivity index (χ4v) is 8.96. The lowest BCUT2D eigenvalue weighted by molar-refractivity contribution is 0.0610. The number of aldehydes is 1. The zero-order valence-electron chi connectivity index (χ0n) is 31.7. The number of hydrogen-bond acceptors (Lipinski definition) is 10. The molecule has 2 fully saturated rings. The zero-order valence-corrected chi connectivity index (χ0v) is 34.0. The Morgan fingerprint density at radius 1 is 0.741 bits per heavy atom. The summed E-state index contributed by atoms with van der Waals surface area (Å²) in [7, 11) is -2.18. The third-order valence-electron chi connectivity index (χ3n) is 9.89. The van der Waals surface area contributed by atoms with Gasteiger partial charge in [-0.15, -0.1) is 0 Å². The monoisotopic (exact) mass is 800 g/mol. The van der Waals surface area contributed by atoms with Crippen molar-refractivity contribution in [1.29, 1.82) is 0 Å². The molecule has 0 amide bonds. The van der Waals surface area contributed by atoms with Crippen molar-refractivity contribution in [3.8, 4) is 0 Å². The van der Waals surface area contributed by atoms with Crippen LogP contribution in [-0.2, 0) is 52.5 Å². The summed E-state index contributed by atoms with van der Waals surface area (Å²) < 4.78 is 65.3. The molecular formula is C38H49ClN6O7S2. The molecule has 54 heavy (non-hydrogen) atoms. The number of nitrogens with zero attached hydrogens (tertiary/aromatic N) is 6. The van der Waals surface area contributed by atoms with Crippen LogP contribution >= 0.6 is 10.7 Å². The Balaban J connectivity index is 0.000000189. The van der Waals surface area contributed by atoms with Crippen LogP contribution in [0.1, 0.15) is 89.2 Å². The first-order chi connectivity index (χ1) is 25.4. The quantitative estimate of drug-likeness (QED) is 0.122. The molecule has 2 saturated heterocycles. The van der Waals surface area contributed by atoms with E-state index in [2.05, 4.69) is 55.8 Å². The van der Waals surface area contributed by atoms with Crippen LogP contribution in [0, 0.1) is 11.8 Å². The van der Waals surface area contributed by atoms with Gasteiger partial charge in [0.25, 0.3) is 19.1 Å². The summed E-state index contributed by atoms with van der Waals surface area (Å²) in [6.07, 6.45) is 7.09. The second kappa shape index (κ2) is 15.5. The fraction of sp³-hybridized carbons (Fsp3) is 0.526. The number of rotatable bonds is 8. The van der Waals surface area contributed by atoms with Gasteiger partial charge in [0.15, 0.2) is 6.29 Å². The fourth-order valence-electron chi connectivity index (χ4n) is 7.04. The maximum Gasteiger partial charge on any atom is 0.283 e. The number of imidazole rings is 2. The molecule has 5 aromatic rings. The Kier molecular flexibility index (Phi) is 11.5. The van der Waals surface area contributed by atoms with Crippen molar-refractivity contribution in [2.75, 3.05) is 26.4 Å². The van der Waals surface area contributed by atoms with Crippen LogP contribution in [0.5, 0.6) is 0 Å². The molecule has 3 aromatic heterocycles. The Bertz CT molecular complexity index is 2360. The molecule has 16 heteroatoms. The van der Waals surface area contributed by atoms with E-state index < -0.39 is 19.1 Å². The lowest BCUT2D eigenvalue weighted by Gasteiger charge is -2.26. The maximum absolute atomic E-state index is 12.9. The minimum Gasteiger partial charge on any atom is -0.381 e. The molecule has 5 heterocycles. The molecule has 0 saturated carbocycles. The molecule has 0 atom stereocenters. The molecule has 0 aliphatic carbocycles. The van der Waals surface area contributed by atoms with Gasteiger partial charge >= 0.3 is 0 Å². The Morgan fingerprint density at radius 2 is 1.19 bits per heavy atom. The third-order valence-corrected chi connectivity index (χ3v) is 12.8. The predicted molar refractivity (Wildman–Crippen MR) is 207 cm³/mol. The Labute approximate surface area is 321 Å². The molecule has 0 radical (unpaired) electrons. The average molecular weight is 801 g/mol. The van der Waals surface area contributed by atoms with E-state index in [9.17, 15) is 21.6 Å². The van der Waals surface area contributed by atoms with Crippen molar-refractivity contribution >= 4 is 58.1 Å². The summed E-state index contributed by atoms with van der Waals surface area (Å²) >= 11 is 0.